The van der Waals surface area contributed by atoms with Crippen LogP contribution in [-0.4, -0.2) is 5.11 Å². The average molecular weight is 303 g/mol. The molecule has 0 aliphatic carbocycles. The SMILES string of the molecule is Cc1cccc(CNc2ccc(-c3ccccc3)c(O)c2)c1C. The van der Waals surface area contributed by atoms with E-state index in [1.165, 1.54) is 16.7 Å². The van der Waals surface area contributed by atoms with Gasteiger partial charge in [-0.15, -0.1) is 0 Å². The van der Waals surface area contributed by atoms with Crippen LogP contribution in [0.15, 0.2) is 66.7 Å². The molecule has 0 unspecified atom stereocenters. The first-order valence-corrected chi connectivity index (χ1v) is 7.82. The highest BCUT2D eigenvalue weighted by molar-refractivity contribution is 5.72. The molecule has 0 heterocycles. The Hall–Kier alpha value is -2.74. The van der Waals surface area contributed by atoms with Crippen molar-refractivity contribution in [3.05, 3.63) is 83.4 Å². The van der Waals surface area contributed by atoms with Gasteiger partial charge in [0, 0.05) is 23.9 Å². The molecule has 2 nitrogen and oxygen atoms in total. The molecular formula is C21H21NO. The standard InChI is InChI=1S/C21H21NO/c1-15-7-6-10-18(16(15)2)14-22-19-11-12-20(21(23)13-19)17-8-4-3-5-9-17/h3-13,22-23H,14H2,1-2H3. The summed E-state index contributed by atoms with van der Waals surface area (Å²) in [6.07, 6.45) is 0. The normalized spacial score (nSPS) is 10.5. The molecule has 3 rings (SSSR count). The highest BCUT2D eigenvalue weighted by atomic mass is 16.3. The summed E-state index contributed by atoms with van der Waals surface area (Å²) in [5.74, 6) is 0.294. The predicted octanol–water partition coefficient (Wildman–Crippen LogP) is 5.29. The Morgan fingerprint density at radius 2 is 1.65 bits per heavy atom. The van der Waals surface area contributed by atoms with Crippen LogP contribution in [0.5, 0.6) is 5.75 Å². The van der Waals surface area contributed by atoms with Crippen molar-refractivity contribution in [1.29, 1.82) is 0 Å². The van der Waals surface area contributed by atoms with Gasteiger partial charge in [-0.25, -0.2) is 0 Å². The Morgan fingerprint density at radius 3 is 2.39 bits per heavy atom. The van der Waals surface area contributed by atoms with Crippen LogP contribution in [-0.2, 0) is 6.54 Å². The zero-order valence-electron chi connectivity index (χ0n) is 13.5. The molecule has 0 radical (unpaired) electrons. The first-order chi connectivity index (χ1) is 11.1. The quantitative estimate of drug-likeness (QED) is 0.686. The average Bonchev–Trinajstić information content (AvgIpc) is 2.57. The van der Waals surface area contributed by atoms with E-state index in [-0.39, 0.29) is 0 Å². The van der Waals surface area contributed by atoms with Gasteiger partial charge < -0.3 is 10.4 Å². The Labute approximate surface area is 137 Å². The molecule has 0 fully saturated rings. The maximum Gasteiger partial charge on any atom is 0.125 e. The van der Waals surface area contributed by atoms with Gasteiger partial charge in [0.25, 0.3) is 0 Å². The fourth-order valence-electron chi connectivity index (χ4n) is 2.70. The number of hydrogen-bond donors (Lipinski definition) is 2. The smallest absolute Gasteiger partial charge is 0.125 e. The number of phenols is 1. The van der Waals surface area contributed by atoms with Gasteiger partial charge in [-0.3, -0.25) is 0 Å². The van der Waals surface area contributed by atoms with Gasteiger partial charge in [0.15, 0.2) is 0 Å². The maximum absolute atomic E-state index is 10.3. The van der Waals surface area contributed by atoms with Crippen molar-refractivity contribution >= 4 is 5.69 Å². The van der Waals surface area contributed by atoms with Gasteiger partial charge in [-0.2, -0.15) is 0 Å². The lowest BCUT2D eigenvalue weighted by molar-refractivity contribution is 0.477. The number of anilines is 1. The number of rotatable bonds is 4. The monoisotopic (exact) mass is 303 g/mol. The van der Waals surface area contributed by atoms with Gasteiger partial charge in [-0.1, -0.05) is 48.5 Å². The zero-order chi connectivity index (χ0) is 16.2. The summed E-state index contributed by atoms with van der Waals surface area (Å²) in [4.78, 5) is 0. The minimum atomic E-state index is 0.294. The third-order valence-electron chi connectivity index (χ3n) is 4.28. The van der Waals surface area contributed by atoms with E-state index in [0.717, 1.165) is 23.4 Å². The van der Waals surface area contributed by atoms with E-state index in [1.807, 2.05) is 42.5 Å². The predicted molar refractivity (Wildman–Crippen MR) is 96.8 cm³/mol. The van der Waals surface area contributed by atoms with Crippen molar-refractivity contribution in [2.75, 3.05) is 5.32 Å². The van der Waals surface area contributed by atoms with Crippen LogP contribution < -0.4 is 5.32 Å². The van der Waals surface area contributed by atoms with Gasteiger partial charge in [-0.05, 0) is 48.2 Å². The van der Waals surface area contributed by atoms with Crippen LogP contribution in [0, 0.1) is 13.8 Å². The van der Waals surface area contributed by atoms with Gasteiger partial charge in [0.1, 0.15) is 5.75 Å². The van der Waals surface area contributed by atoms with Crippen LogP contribution in [0.2, 0.25) is 0 Å². The highest BCUT2D eigenvalue weighted by Gasteiger charge is 2.06. The van der Waals surface area contributed by atoms with Gasteiger partial charge in [0.2, 0.25) is 0 Å². The van der Waals surface area contributed by atoms with E-state index in [2.05, 4.69) is 37.4 Å². The largest absolute Gasteiger partial charge is 0.507 e. The fourth-order valence-corrected chi connectivity index (χ4v) is 2.70. The zero-order valence-corrected chi connectivity index (χ0v) is 13.5. The Kier molecular flexibility index (Phi) is 4.33. The summed E-state index contributed by atoms with van der Waals surface area (Å²) >= 11 is 0. The minimum absolute atomic E-state index is 0.294. The second-order valence-electron chi connectivity index (χ2n) is 5.81. The molecular weight excluding hydrogens is 282 g/mol. The van der Waals surface area contributed by atoms with Crippen LogP contribution in [0.3, 0.4) is 0 Å². The van der Waals surface area contributed by atoms with Crippen LogP contribution in [0.4, 0.5) is 5.69 Å². The number of nitrogens with one attached hydrogen (secondary N) is 1. The Bertz CT molecular complexity index is 809. The first kappa shape index (κ1) is 15.2. The molecule has 0 atom stereocenters. The van der Waals surface area contributed by atoms with Gasteiger partial charge >= 0.3 is 0 Å². The lowest BCUT2D eigenvalue weighted by Crippen LogP contribution is -2.02. The van der Waals surface area contributed by atoms with Crippen LogP contribution >= 0.6 is 0 Å². The Balaban J connectivity index is 1.77. The number of hydrogen-bond acceptors (Lipinski definition) is 2. The van der Waals surface area contributed by atoms with E-state index in [4.69, 9.17) is 0 Å². The van der Waals surface area contributed by atoms with E-state index in [9.17, 15) is 5.11 Å². The molecule has 2 heteroatoms. The van der Waals surface area contributed by atoms with E-state index in [1.54, 1.807) is 6.07 Å². The molecule has 0 aliphatic rings. The molecule has 3 aromatic carbocycles. The lowest BCUT2D eigenvalue weighted by Gasteiger charge is -2.12. The first-order valence-electron chi connectivity index (χ1n) is 7.82. The number of aryl methyl sites for hydroxylation is 1. The molecule has 116 valence electrons. The number of benzene rings is 3. The van der Waals surface area contributed by atoms with Crippen molar-refractivity contribution in [1.82, 2.24) is 0 Å². The minimum Gasteiger partial charge on any atom is -0.507 e. The molecule has 2 N–H and O–H groups in total. The van der Waals surface area contributed by atoms with Gasteiger partial charge in [0.05, 0.1) is 0 Å². The van der Waals surface area contributed by atoms with E-state index in [0.29, 0.717) is 5.75 Å². The number of aromatic hydroxyl groups is 1. The summed E-state index contributed by atoms with van der Waals surface area (Å²) in [5, 5.41) is 13.7. The van der Waals surface area contributed by atoms with E-state index >= 15 is 0 Å². The van der Waals surface area contributed by atoms with E-state index < -0.39 is 0 Å². The molecule has 0 saturated carbocycles. The number of phenolic OH excluding ortho intramolecular Hbond substituents is 1. The van der Waals surface area contributed by atoms with Crippen molar-refractivity contribution in [3.8, 4) is 16.9 Å². The van der Waals surface area contributed by atoms with Crippen LogP contribution in [0.1, 0.15) is 16.7 Å². The third-order valence-corrected chi connectivity index (χ3v) is 4.28. The molecule has 0 bridgehead atoms. The molecule has 0 aliphatic heterocycles. The molecule has 0 aromatic heterocycles. The van der Waals surface area contributed by atoms with Crippen molar-refractivity contribution in [2.24, 2.45) is 0 Å². The summed E-state index contributed by atoms with van der Waals surface area (Å²) in [7, 11) is 0. The lowest BCUT2D eigenvalue weighted by atomic mass is 10.0. The molecule has 0 spiro atoms. The summed E-state index contributed by atoms with van der Waals surface area (Å²) in [5.41, 5.74) is 6.67. The second kappa shape index (κ2) is 6.57. The summed E-state index contributed by atoms with van der Waals surface area (Å²) in [6.45, 7) is 5.01. The topological polar surface area (TPSA) is 32.3 Å². The summed E-state index contributed by atoms with van der Waals surface area (Å²) in [6, 6.07) is 22.0. The second-order valence-corrected chi connectivity index (χ2v) is 5.81. The van der Waals surface area contributed by atoms with Crippen molar-refractivity contribution in [2.45, 2.75) is 20.4 Å². The summed E-state index contributed by atoms with van der Waals surface area (Å²) < 4.78 is 0. The highest BCUT2D eigenvalue weighted by Crippen LogP contribution is 2.31. The molecule has 23 heavy (non-hydrogen) atoms. The molecule has 0 saturated heterocycles. The third kappa shape index (κ3) is 3.37. The fraction of sp³-hybridized carbons (Fsp3) is 0.143. The molecule has 3 aromatic rings. The van der Waals surface area contributed by atoms with Crippen LogP contribution in [0.25, 0.3) is 11.1 Å². The Morgan fingerprint density at radius 1 is 0.870 bits per heavy atom. The van der Waals surface area contributed by atoms with Crippen molar-refractivity contribution in [3.63, 3.8) is 0 Å². The van der Waals surface area contributed by atoms with Crippen molar-refractivity contribution < 1.29 is 5.11 Å². The maximum atomic E-state index is 10.3. The molecule has 0 amide bonds.